The maximum atomic E-state index is 13.4. The molecule has 0 amide bonds. The minimum absolute atomic E-state index is 0.174. The lowest BCUT2D eigenvalue weighted by Gasteiger charge is -2.06. The van der Waals surface area contributed by atoms with Crippen molar-refractivity contribution in [1.82, 2.24) is 0 Å². The van der Waals surface area contributed by atoms with Crippen LogP contribution in [-0.4, -0.2) is 7.11 Å². The molecule has 0 aromatic heterocycles. The van der Waals surface area contributed by atoms with Crippen molar-refractivity contribution >= 4 is 0 Å². The minimum Gasteiger partial charge on any atom is -0.497 e. The molecule has 1 fully saturated rings. The van der Waals surface area contributed by atoms with Crippen molar-refractivity contribution < 1.29 is 9.13 Å². The first-order chi connectivity index (χ1) is 6.76. The van der Waals surface area contributed by atoms with E-state index in [9.17, 15) is 4.39 Å². The van der Waals surface area contributed by atoms with Gasteiger partial charge in [-0.1, -0.05) is 0 Å². The fraction of sp³-hybridized carbons (Fsp3) is 0.364. The summed E-state index contributed by atoms with van der Waals surface area (Å²) in [6, 6.07) is 4.92. The Morgan fingerprint density at radius 3 is 2.71 bits per heavy atom. The smallest absolute Gasteiger partial charge is 0.144 e. The maximum Gasteiger partial charge on any atom is 0.144 e. The van der Waals surface area contributed by atoms with Crippen molar-refractivity contribution in [2.24, 2.45) is 0 Å². The van der Waals surface area contributed by atoms with Crippen molar-refractivity contribution in [3.8, 4) is 11.8 Å². The number of nitrogens with zero attached hydrogens (tertiary/aromatic N) is 1. The van der Waals surface area contributed by atoms with Gasteiger partial charge in [0.25, 0.3) is 0 Å². The Labute approximate surface area is 81.9 Å². The van der Waals surface area contributed by atoms with Gasteiger partial charge >= 0.3 is 0 Å². The van der Waals surface area contributed by atoms with Gasteiger partial charge in [-0.3, -0.25) is 0 Å². The fourth-order valence-electron chi connectivity index (χ4n) is 1.55. The summed E-state index contributed by atoms with van der Waals surface area (Å²) < 4.78 is 18.3. The quantitative estimate of drug-likeness (QED) is 0.719. The summed E-state index contributed by atoms with van der Waals surface area (Å²) in [5, 5.41) is 8.81. The fourth-order valence-corrected chi connectivity index (χ4v) is 1.55. The Morgan fingerprint density at radius 2 is 2.21 bits per heavy atom. The first kappa shape index (κ1) is 9.01. The summed E-state index contributed by atoms with van der Waals surface area (Å²) in [4.78, 5) is 0. The molecule has 14 heavy (non-hydrogen) atoms. The highest BCUT2D eigenvalue weighted by Crippen LogP contribution is 2.43. The Kier molecular flexibility index (Phi) is 2.12. The Morgan fingerprint density at radius 1 is 1.50 bits per heavy atom. The van der Waals surface area contributed by atoms with Gasteiger partial charge in [-0.25, -0.2) is 4.39 Å². The largest absolute Gasteiger partial charge is 0.497 e. The average molecular weight is 191 g/mol. The average Bonchev–Trinajstić information content (AvgIpc) is 2.99. The number of halogens is 1. The number of hydrogen-bond acceptors (Lipinski definition) is 2. The molecule has 2 rings (SSSR count). The molecule has 0 bridgehead atoms. The Balaban J connectivity index is 2.53. The number of nitriles is 1. The van der Waals surface area contributed by atoms with Gasteiger partial charge in [0.2, 0.25) is 0 Å². The van der Waals surface area contributed by atoms with E-state index >= 15 is 0 Å². The third-order valence-electron chi connectivity index (χ3n) is 2.46. The van der Waals surface area contributed by atoms with E-state index in [-0.39, 0.29) is 5.56 Å². The number of hydrogen-bond donors (Lipinski definition) is 0. The highest BCUT2D eigenvalue weighted by Gasteiger charge is 2.28. The van der Waals surface area contributed by atoms with Crippen molar-refractivity contribution in [1.29, 1.82) is 5.26 Å². The first-order valence-corrected chi connectivity index (χ1v) is 4.53. The first-order valence-electron chi connectivity index (χ1n) is 4.53. The van der Waals surface area contributed by atoms with E-state index < -0.39 is 5.82 Å². The van der Waals surface area contributed by atoms with Crippen LogP contribution in [0.15, 0.2) is 12.1 Å². The van der Waals surface area contributed by atoms with Crippen LogP contribution in [0.2, 0.25) is 0 Å². The summed E-state index contributed by atoms with van der Waals surface area (Å²) >= 11 is 0. The molecule has 0 radical (unpaired) electrons. The molecular weight excluding hydrogens is 181 g/mol. The number of methoxy groups -OCH3 is 1. The van der Waals surface area contributed by atoms with E-state index in [1.807, 2.05) is 6.07 Å². The van der Waals surface area contributed by atoms with E-state index in [1.165, 1.54) is 13.2 Å². The van der Waals surface area contributed by atoms with Crippen LogP contribution in [0.25, 0.3) is 0 Å². The molecule has 0 spiro atoms. The molecule has 0 saturated heterocycles. The van der Waals surface area contributed by atoms with Crippen LogP contribution in [0.3, 0.4) is 0 Å². The van der Waals surface area contributed by atoms with Crippen LogP contribution in [0.4, 0.5) is 4.39 Å². The predicted molar refractivity (Wildman–Crippen MR) is 49.6 cm³/mol. The van der Waals surface area contributed by atoms with Gasteiger partial charge in [0.15, 0.2) is 0 Å². The third-order valence-corrected chi connectivity index (χ3v) is 2.46. The second-order valence-electron chi connectivity index (χ2n) is 3.46. The molecule has 1 aromatic carbocycles. The lowest BCUT2D eigenvalue weighted by atomic mass is 10.0. The molecule has 72 valence electrons. The third kappa shape index (κ3) is 1.44. The molecule has 0 atom stereocenters. The van der Waals surface area contributed by atoms with Crippen molar-refractivity contribution in [3.63, 3.8) is 0 Å². The van der Waals surface area contributed by atoms with Gasteiger partial charge in [-0.05, 0) is 30.4 Å². The van der Waals surface area contributed by atoms with E-state index in [2.05, 4.69) is 0 Å². The van der Waals surface area contributed by atoms with Crippen LogP contribution < -0.4 is 4.74 Å². The zero-order chi connectivity index (χ0) is 10.1. The molecule has 0 unspecified atom stereocenters. The molecule has 0 aliphatic heterocycles. The Bertz CT molecular complexity index is 404. The molecule has 0 heterocycles. The summed E-state index contributed by atoms with van der Waals surface area (Å²) in [5.41, 5.74) is 0.970. The zero-order valence-electron chi connectivity index (χ0n) is 7.88. The molecular formula is C11H10FNO. The summed E-state index contributed by atoms with van der Waals surface area (Å²) in [7, 11) is 1.50. The van der Waals surface area contributed by atoms with Crippen LogP contribution in [0, 0.1) is 17.1 Å². The number of rotatable bonds is 2. The molecule has 1 aliphatic rings. The van der Waals surface area contributed by atoms with Crippen LogP contribution in [0.5, 0.6) is 5.75 Å². The highest BCUT2D eigenvalue weighted by atomic mass is 19.1. The van der Waals surface area contributed by atoms with Gasteiger partial charge < -0.3 is 4.74 Å². The van der Waals surface area contributed by atoms with Gasteiger partial charge in [-0.2, -0.15) is 5.26 Å². The van der Waals surface area contributed by atoms with E-state index in [4.69, 9.17) is 10.00 Å². The molecule has 3 heteroatoms. The Hall–Kier alpha value is -1.56. The van der Waals surface area contributed by atoms with Crippen molar-refractivity contribution in [2.45, 2.75) is 18.8 Å². The van der Waals surface area contributed by atoms with Gasteiger partial charge in [0.05, 0.1) is 12.7 Å². The lowest BCUT2D eigenvalue weighted by Crippen LogP contribution is -1.94. The van der Waals surface area contributed by atoms with Gasteiger partial charge in [-0.15, -0.1) is 0 Å². The molecule has 0 N–H and O–H groups in total. The summed E-state index contributed by atoms with van der Waals surface area (Å²) in [6.45, 7) is 0. The molecule has 2 nitrogen and oxygen atoms in total. The van der Waals surface area contributed by atoms with Crippen LogP contribution >= 0.6 is 0 Å². The molecule has 1 saturated carbocycles. The second kappa shape index (κ2) is 3.30. The van der Waals surface area contributed by atoms with Gasteiger partial charge in [0.1, 0.15) is 17.6 Å². The SMILES string of the molecule is COc1cc(F)c(C#N)c(C2CC2)c1. The van der Waals surface area contributed by atoms with E-state index in [0.717, 1.165) is 18.4 Å². The topological polar surface area (TPSA) is 33.0 Å². The minimum atomic E-state index is -0.478. The van der Waals surface area contributed by atoms with Gasteiger partial charge in [0, 0.05) is 6.07 Å². The monoisotopic (exact) mass is 191 g/mol. The van der Waals surface area contributed by atoms with Crippen molar-refractivity contribution in [3.05, 3.63) is 29.1 Å². The lowest BCUT2D eigenvalue weighted by molar-refractivity contribution is 0.410. The van der Waals surface area contributed by atoms with E-state index in [0.29, 0.717) is 11.7 Å². The van der Waals surface area contributed by atoms with Crippen LogP contribution in [-0.2, 0) is 0 Å². The standard InChI is InChI=1S/C11H10FNO/c1-14-8-4-9(7-2-3-7)10(6-13)11(12)5-8/h4-5,7H,2-3H2,1H3. The highest BCUT2D eigenvalue weighted by molar-refractivity contribution is 5.47. The van der Waals surface area contributed by atoms with Crippen LogP contribution in [0.1, 0.15) is 29.9 Å². The number of ether oxygens (including phenoxy) is 1. The van der Waals surface area contributed by atoms with E-state index in [1.54, 1.807) is 6.07 Å². The molecule has 1 aliphatic carbocycles. The molecule has 1 aromatic rings. The number of benzene rings is 1. The maximum absolute atomic E-state index is 13.4. The normalized spacial score (nSPS) is 14.9. The summed E-state index contributed by atoms with van der Waals surface area (Å²) in [5.74, 6) is 0.367. The van der Waals surface area contributed by atoms with Crippen molar-refractivity contribution in [2.75, 3.05) is 7.11 Å². The summed E-state index contributed by atoms with van der Waals surface area (Å²) in [6.07, 6.45) is 2.09. The zero-order valence-corrected chi connectivity index (χ0v) is 7.88. The predicted octanol–water partition coefficient (Wildman–Crippen LogP) is 2.58. The second-order valence-corrected chi connectivity index (χ2v) is 3.46.